The highest BCUT2D eigenvalue weighted by molar-refractivity contribution is 9.10. The van der Waals surface area contributed by atoms with E-state index in [4.69, 9.17) is 9.84 Å². The number of hydrogen-bond donors (Lipinski definition) is 2. The summed E-state index contributed by atoms with van der Waals surface area (Å²) in [6.45, 7) is -0.695. The fourth-order valence-corrected chi connectivity index (χ4v) is 1.81. The summed E-state index contributed by atoms with van der Waals surface area (Å²) in [4.78, 5) is 11.3. The van der Waals surface area contributed by atoms with Crippen molar-refractivity contribution in [2.75, 3.05) is 19.8 Å². The van der Waals surface area contributed by atoms with Crippen molar-refractivity contribution < 1.29 is 23.4 Å². The lowest BCUT2D eigenvalue weighted by Crippen LogP contribution is -2.40. The molecule has 1 rings (SSSR count). The molecule has 106 valence electrons. The van der Waals surface area contributed by atoms with Gasteiger partial charge in [-0.15, -0.1) is 0 Å². The van der Waals surface area contributed by atoms with Crippen molar-refractivity contribution in [3.63, 3.8) is 0 Å². The van der Waals surface area contributed by atoms with E-state index in [1.165, 1.54) is 0 Å². The number of alkyl halides is 2. The van der Waals surface area contributed by atoms with Gasteiger partial charge >= 0.3 is 0 Å². The van der Waals surface area contributed by atoms with Crippen molar-refractivity contribution in [2.45, 2.75) is 12.8 Å². The average molecular weight is 338 g/mol. The van der Waals surface area contributed by atoms with Crippen LogP contribution in [0.25, 0.3) is 0 Å². The minimum absolute atomic E-state index is 0.372. The van der Waals surface area contributed by atoms with Crippen LogP contribution in [-0.4, -0.2) is 36.7 Å². The minimum atomic E-state index is -3.32. The second kappa shape index (κ2) is 6.81. The predicted octanol–water partition coefficient (Wildman–Crippen LogP) is 1.88. The number of aryl methyl sites for hydroxylation is 1. The zero-order valence-corrected chi connectivity index (χ0v) is 11.8. The van der Waals surface area contributed by atoms with Gasteiger partial charge in [0.1, 0.15) is 12.4 Å². The van der Waals surface area contributed by atoms with Gasteiger partial charge in [-0.2, -0.15) is 0 Å². The van der Waals surface area contributed by atoms with Crippen LogP contribution >= 0.6 is 15.9 Å². The van der Waals surface area contributed by atoms with Crippen LogP contribution in [0, 0.1) is 6.92 Å². The van der Waals surface area contributed by atoms with E-state index in [1.807, 2.05) is 18.3 Å². The number of aliphatic hydroxyl groups is 1. The third-order valence-electron chi connectivity index (χ3n) is 2.22. The highest BCUT2D eigenvalue weighted by Crippen LogP contribution is 2.25. The second-order valence-electron chi connectivity index (χ2n) is 4.01. The lowest BCUT2D eigenvalue weighted by atomic mass is 10.2. The summed E-state index contributed by atoms with van der Waals surface area (Å²) in [6, 6.07) is 5.29. The predicted molar refractivity (Wildman–Crippen MR) is 69.4 cm³/mol. The number of benzene rings is 1. The van der Waals surface area contributed by atoms with Gasteiger partial charge in [0.25, 0.3) is 11.8 Å². The highest BCUT2D eigenvalue weighted by atomic mass is 79.9. The molecule has 0 aliphatic rings. The maximum atomic E-state index is 12.7. The Labute approximate surface area is 117 Å². The summed E-state index contributed by atoms with van der Waals surface area (Å²) < 4.78 is 31.2. The Hall–Kier alpha value is -1.21. The fraction of sp³-hybridized carbons (Fsp3) is 0.417. The first-order chi connectivity index (χ1) is 8.84. The Morgan fingerprint density at radius 2 is 2.21 bits per heavy atom. The van der Waals surface area contributed by atoms with Crippen molar-refractivity contribution in [1.29, 1.82) is 0 Å². The first-order valence-electron chi connectivity index (χ1n) is 5.48. The van der Waals surface area contributed by atoms with Gasteiger partial charge in [-0.05, 0) is 40.5 Å². The molecule has 0 aliphatic heterocycles. The Bertz CT molecular complexity index is 455. The van der Waals surface area contributed by atoms with Gasteiger partial charge < -0.3 is 15.2 Å². The van der Waals surface area contributed by atoms with Crippen LogP contribution in [0.3, 0.4) is 0 Å². The fourth-order valence-electron chi connectivity index (χ4n) is 1.20. The molecule has 0 fully saturated rings. The van der Waals surface area contributed by atoms with Crippen molar-refractivity contribution in [2.24, 2.45) is 0 Å². The van der Waals surface area contributed by atoms with Crippen LogP contribution < -0.4 is 10.1 Å². The number of aliphatic hydroxyl groups excluding tert-OH is 1. The molecule has 1 aromatic rings. The third kappa shape index (κ3) is 5.52. The maximum Gasteiger partial charge on any atom is 0.287 e. The molecule has 0 radical (unpaired) electrons. The van der Waals surface area contributed by atoms with E-state index < -0.39 is 25.0 Å². The summed E-state index contributed by atoms with van der Waals surface area (Å²) in [7, 11) is 0. The SMILES string of the molecule is Cc1ccc(OCC(=O)NCC(F)(F)CO)c(Br)c1. The van der Waals surface area contributed by atoms with Gasteiger partial charge in [0.2, 0.25) is 0 Å². The van der Waals surface area contributed by atoms with Crippen LogP contribution in [0.1, 0.15) is 5.56 Å². The van der Waals surface area contributed by atoms with Gasteiger partial charge in [-0.3, -0.25) is 4.79 Å². The van der Waals surface area contributed by atoms with E-state index in [0.29, 0.717) is 10.2 Å². The molecule has 4 nitrogen and oxygen atoms in total. The molecule has 1 aromatic carbocycles. The molecular formula is C12H14BrF2NO3. The minimum Gasteiger partial charge on any atom is -0.483 e. The summed E-state index contributed by atoms with van der Waals surface area (Å²) in [6.07, 6.45) is 0. The van der Waals surface area contributed by atoms with Crippen molar-refractivity contribution in [1.82, 2.24) is 5.32 Å². The van der Waals surface area contributed by atoms with E-state index in [0.717, 1.165) is 5.56 Å². The van der Waals surface area contributed by atoms with Gasteiger partial charge in [0.15, 0.2) is 6.61 Å². The molecule has 0 aromatic heterocycles. The normalized spacial score (nSPS) is 11.2. The van der Waals surface area contributed by atoms with Crippen molar-refractivity contribution >= 4 is 21.8 Å². The molecule has 0 heterocycles. The molecule has 19 heavy (non-hydrogen) atoms. The van der Waals surface area contributed by atoms with Gasteiger partial charge in [0, 0.05) is 0 Å². The van der Waals surface area contributed by atoms with Crippen LogP contribution in [0.15, 0.2) is 22.7 Å². The molecule has 0 saturated carbocycles. The van der Waals surface area contributed by atoms with Crippen LogP contribution in [0.5, 0.6) is 5.75 Å². The molecule has 1 amide bonds. The van der Waals surface area contributed by atoms with Gasteiger partial charge in [-0.25, -0.2) is 8.78 Å². The Kier molecular flexibility index (Phi) is 5.68. The van der Waals surface area contributed by atoms with Crippen molar-refractivity contribution in [3.05, 3.63) is 28.2 Å². The Morgan fingerprint density at radius 1 is 1.53 bits per heavy atom. The summed E-state index contributed by atoms with van der Waals surface area (Å²) in [5, 5.41) is 10.3. The van der Waals surface area contributed by atoms with E-state index in [-0.39, 0.29) is 6.61 Å². The quantitative estimate of drug-likeness (QED) is 0.833. The molecule has 0 unspecified atom stereocenters. The molecule has 2 N–H and O–H groups in total. The van der Waals surface area contributed by atoms with Crippen LogP contribution in [-0.2, 0) is 4.79 Å². The van der Waals surface area contributed by atoms with Crippen LogP contribution in [0.4, 0.5) is 8.78 Å². The standard InChI is InChI=1S/C12H14BrF2NO3/c1-8-2-3-10(9(13)4-8)19-5-11(18)16-6-12(14,15)7-17/h2-4,17H,5-7H2,1H3,(H,16,18). The largest absolute Gasteiger partial charge is 0.483 e. The number of halogens is 3. The monoisotopic (exact) mass is 337 g/mol. The molecule has 0 bridgehead atoms. The maximum absolute atomic E-state index is 12.7. The van der Waals surface area contributed by atoms with E-state index >= 15 is 0 Å². The second-order valence-corrected chi connectivity index (χ2v) is 4.87. The average Bonchev–Trinajstić information content (AvgIpc) is 2.35. The first kappa shape index (κ1) is 15.8. The highest BCUT2D eigenvalue weighted by Gasteiger charge is 2.28. The number of nitrogens with one attached hydrogen (secondary N) is 1. The number of rotatable bonds is 6. The molecule has 0 saturated heterocycles. The van der Waals surface area contributed by atoms with Gasteiger partial charge in [0.05, 0.1) is 11.0 Å². The Morgan fingerprint density at radius 3 is 2.79 bits per heavy atom. The third-order valence-corrected chi connectivity index (χ3v) is 2.84. The van der Waals surface area contributed by atoms with Crippen molar-refractivity contribution in [3.8, 4) is 5.75 Å². The van der Waals surface area contributed by atoms with Crippen LogP contribution in [0.2, 0.25) is 0 Å². The first-order valence-corrected chi connectivity index (χ1v) is 6.28. The molecule has 0 aliphatic carbocycles. The summed E-state index contributed by atoms with van der Waals surface area (Å²) >= 11 is 3.27. The number of ether oxygens (including phenoxy) is 1. The lowest BCUT2D eigenvalue weighted by Gasteiger charge is -2.14. The summed E-state index contributed by atoms with van der Waals surface area (Å²) in [5.74, 6) is -3.55. The number of hydrogen-bond acceptors (Lipinski definition) is 3. The topological polar surface area (TPSA) is 58.6 Å². The molecule has 0 atom stereocenters. The summed E-state index contributed by atoms with van der Waals surface area (Å²) in [5.41, 5.74) is 1.02. The number of amides is 1. The van der Waals surface area contributed by atoms with E-state index in [9.17, 15) is 13.6 Å². The van der Waals surface area contributed by atoms with Gasteiger partial charge in [-0.1, -0.05) is 6.07 Å². The number of carbonyl (C=O) groups is 1. The van der Waals surface area contributed by atoms with E-state index in [2.05, 4.69) is 15.9 Å². The molecule has 7 heteroatoms. The molecule has 0 spiro atoms. The molecular weight excluding hydrogens is 324 g/mol. The number of carbonyl (C=O) groups excluding carboxylic acids is 1. The zero-order chi connectivity index (χ0) is 14.5. The smallest absolute Gasteiger partial charge is 0.287 e. The lowest BCUT2D eigenvalue weighted by molar-refractivity contribution is -0.126. The Balaban J connectivity index is 2.42. The van der Waals surface area contributed by atoms with E-state index in [1.54, 1.807) is 12.1 Å². The zero-order valence-electron chi connectivity index (χ0n) is 10.3.